The molecule has 0 aliphatic rings. The Bertz CT molecular complexity index is 914. The van der Waals surface area contributed by atoms with Crippen LogP contribution in [0.25, 0.3) is 0 Å². The topological polar surface area (TPSA) is 65.0 Å². The van der Waals surface area contributed by atoms with Crippen molar-refractivity contribution in [3.63, 3.8) is 0 Å². The monoisotopic (exact) mass is 486 g/mol. The number of rotatable bonds is 8. The third-order valence-electron chi connectivity index (χ3n) is 4.26. The van der Waals surface area contributed by atoms with Gasteiger partial charge in [0, 0.05) is 12.0 Å². The predicted octanol–water partition coefficient (Wildman–Crippen LogP) is 5.29. The normalized spacial score (nSPS) is 12.4. The lowest BCUT2D eigenvalue weighted by atomic mass is 9.92. The number of hydrogen-bond donors (Lipinski definition) is 1. The van der Waals surface area contributed by atoms with Crippen LogP contribution in [-0.2, 0) is 10.3 Å². The molecule has 12 heteroatoms. The summed E-state index contributed by atoms with van der Waals surface area (Å²) in [6, 6.07) is 7.71. The van der Waals surface area contributed by atoms with Gasteiger partial charge in [-0.1, -0.05) is 17.7 Å². The van der Waals surface area contributed by atoms with Crippen LogP contribution in [0.2, 0.25) is 5.02 Å². The van der Waals surface area contributed by atoms with Crippen LogP contribution in [0.5, 0.6) is 11.5 Å². The van der Waals surface area contributed by atoms with Crippen LogP contribution >= 0.6 is 11.6 Å². The number of halogens is 7. The van der Waals surface area contributed by atoms with Crippen LogP contribution < -0.4 is 9.47 Å². The van der Waals surface area contributed by atoms with Gasteiger partial charge in [0.25, 0.3) is 5.60 Å². The second-order valence-corrected chi connectivity index (χ2v) is 6.82. The third kappa shape index (κ3) is 5.57. The molecule has 0 amide bonds. The highest BCUT2D eigenvalue weighted by Gasteiger charge is 2.71. The molecule has 0 spiro atoms. The Morgan fingerprint density at radius 1 is 0.938 bits per heavy atom. The second kappa shape index (κ2) is 9.86. The molecule has 176 valence electrons. The van der Waals surface area contributed by atoms with E-state index in [1.165, 1.54) is 19.2 Å². The maximum atomic E-state index is 12.9. The fourth-order valence-electron chi connectivity index (χ4n) is 2.57. The average molecular weight is 487 g/mol. The van der Waals surface area contributed by atoms with Gasteiger partial charge in [0.05, 0.1) is 30.9 Å². The van der Waals surface area contributed by atoms with E-state index in [-0.39, 0.29) is 19.0 Å². The minimum absolute atomic E-state index is 0.0118. The van der Waals surface area contributed by atoms with Gasteiger partial charge in [0.2, 0.25) is 0 Å². The molecule has 2 aromatic rings. The van der Waals surface area contributed by atoms with Crippen molar-refractivity contribution in [3.8, 4) is 11.5 Å². The Morgan fingerprint density at radius 2 is 1.50 bits per heavy atom. The quantitative estimate of drug-likeness (QED) is 0.312. The second-order valence-electron chi connectivity index (χ2n) is 6.42. The van der Waals surface area contributed by atoms with Crippen molar-refractivity contribution in [2.75, 3.05) is 20.3 Å². The Balaban J connectivity index is 1.94. The van der Waals surface area contributed by atoms with Crippen LogP contribution in [0, 0.1) is 0 Å². The molecule has 0 aliphatic heterocycles. The number of aliphatic hydroxyl groups is 1. The summed E-state index contributed by atoms with van der Waals surface area (Å²) in [5, 5.41) is 8.86. The maximum absolute atomic E-state index is 12.9. The molecule has 0 heterocycles. The van der Waals surface area contributed by atoms with Gasteiger partial charge in [-0.05, 0) is 36.4 Å². The van der Waals surface area contributed by atoms with Crippen LogP contribution in [0.3, 0.4) is 0 Å². The first-order valence-corrected chi connectivity index (χ1v) is 9.29. The lowest BCUT2D eigenvalue weighted by Crippen LogP contribution is -2.53. The Hall–Kier alpha value is -2.66. The number of hydrogen-bond acceptors (Lipinski definition) is 5. The summed E-state index contributed by atoms with van der Waals surface area (Å²) in [7, 11) is 1.25. The molecule has 5 nitrogen and oxygen atoms in total. The van der Waals surface area contributed by atoms with Gasteiger partial charge in [-0.25, -0.2) is 4.79 Å². The van der Waals surface area contributed by atoms with Crippen molar-refractivity contribution in [2.45, 2.75) is 24.4 Å². The molecule has 0 fully saturated rings. The number of alkyl halides is 6. The molecular formula is C20H17ClF6O5. The van der Waals surface area contributed by atoms with Gasteiger partial charge in [-0.15, -0.1) is 0 Å². The molecule has 2 aromatic carbocycles. The number of esters is 1. The molecule has 1 N–H and O–H groups in total. The van der Waals surface area contributed by atoms with Gasteiger partial charge >= 0.3 is 18.3 Å². The van der Waals surface area contributed by atoms with Gasteiger partial charge < -0.3 is 19.3 Å². The highest BCUT2D eigenvalue weighted by molar-refractivity contribution is 6.32. The summed E-state index contributed by atoms with van der Waals surface area (Å²) in [4.78, 5) is 11.3. The largest absolute Gasteiger partial charge is 0.493 e. The fraction of sp³-hybridized carbons (Fsp3) is 0.350. The minimum Gasteiger partial charge on any atom is -0.493 e. The zero-order chi connectivity index (χ0) is 24.2. The van der Waals surface area contributed by atoms with Crippen molar-refractivity contribution in [1.29, 1.82) is 0 Å². The predicted molar refractivity (Wildman–Crippen MR) is 101 cm³/mol. The van der Waals surface area contributed by atoms with E-state index in [0.717, 1.165) is 6.07 Å². The van der Waals surface area contributed by atoms with Gasteiger partial charge in [-0.2, -0.15) is 26.3 Å². The van der Waals surface area contributed by atoms with Crippen LogP contribution in [0.1, 0.15) is 22.3 Å². The van der Waals surface area contributed by atoms with E-state index in [0.29, 0.717) is 29.9 Å². The first-order chi connectivity index (χ1) is 14.8. The number of benzene rings is 2. The number of carbonyl (C=O) groups is 1. The molecule has 0 radical (unpaired) electrons. The van der Waals surface area contributed by atoms with Crippen molar-refractivity contribution in [1.82, 2.24) is 0 Å². The summed E-state index contributed by atoms with van der Waals surface area (Å²) >= 11 is 5.76. The standard InChI is InChI=1S/C20H17ClF6O5/c1-30-17(28)12-3-6-14(7-4-12)31-9-2-10-32-16-8-5-13(11-15(16)21)18(29,19(22,23)24)20(25,26)27/h3-8,11,29H,2,9-10H2,1H3. The SMILES string of the molecule is COC(=O)c1ccc(OCCCOc2ccc(C(O)(C(F)(F)F)C(F)(F)F)cc2Cl)cc1. The Labute approximate surface area is 183 Å². The van der Waals surface area contributed by atoms with Gasteiger partial charge in [-0.3, -0.25) is 0 Å². The number of carbonyl (C=O) groups excluding carboxylic acids is 1. The summed E-state index contributed by atoms with van der Waals surface area (Å²) < 4.78 is 92.9. The molecule has 32 heavy (non-hydrogen) atoms. The van der Waals surface area contributed by atoms with Crippen molar-refractivity contribution >= 4 is 17.6 Å². The van der Waals surface area contributed by atoms with E-state index in [9.17, 15) is 36.2 Å². The zero-order valence-electron chi connectivity index (χ0n) is 16.4. The Morgan fingerprint density at radius 3 is 2.00 bits per heavy atom. The highest BCUT2D eigenvalue weighted by Crippen LogP contribution is 2.50. The lowest BCUT2D eigenvalue weighted by Gasteiger charge is -2.32. The summed E-state index contributed by atoms with van der Waals surface area (Å²) in [5.41, 5.74) is -6.21. The maximum Gasteiger partial charge on any atom is 0.430 e. The van der Waals surface area contributed by atoms with Crippen molar-refractivity contribution in [3.05, 3.63) is 58.6 Å². The summed E-state index contributed by atoms with van der Waals surface area (Å²) in [6.07, 6.45) is -11.7. The molecular weight excluding hydrogens is 470 g/mol. The first kappa shape index (κ1) is 25.6. The molecule has 0 aromatic heterocycles. The minimum atomic E-state index is -6.01. The fourth-order valence-corrected chi connectivity index (χ4v) is 2.80. The summed E-state index contributed by atoms with van der Waals surface area (Å²) in [6.45, 7) is 0.150. The smallest absolute Gasteiger partial charge is 0.430 e. The number of ether oxygens (including phenoxy) is 3. The van der Waals surface area contributed by atoms with Crippen LogP contribution in [0.15, 0.2) is 42.5 Å². The molecule has 0 unspecified atom stereocenters. The molecule has 0 aliphatic carbocycles. The summed E-state index contributed by atoms with van der Waals surface area (Å²) in [5.74, 6) is -0.208. The van der Waals surface area contributed by atoms with Crippen LogP contribution in [-0.4, -0.2) is 43.8 Å². The van der Waals surface area contributed by atoms with E-state index in [1.54, 1.807) is 12.1 Å². The van der Waals surface area contributed by atoms with E-state index in [4.69, 9.17) is 21.1 Å². The molecule has 2 rings (SSSR count). The molecule has 0 saturated carbocycles. The Kier molecular flexibility index (Phi) is 7.89. The van der Waals surface area contributed by atoms with E-state index < -0.39 is 34.5 Å². The average Bonchev–Trinajstić information content (AvgIpc) is 2.72. The molecule has 0 atom stereocenters. The van der Waals surface area contributed by atoms with Crippen molar-refractivity contribution < 1.29 is 50.5 Å². The van der Waals surface area contributed by atoms with Crippen LogP contribution in [0.4, 0.5) is 26.3 Å². The highest BCUT2D eigenvalue weighted by atomic mass is 35.5. The third-order valence-corrected chi connectivity index (χ3v) is 4.56. The van der Waals surface area contributed by atoms with Gasteiger partial charge in [0.15, 0.2) is 0 Å². The molecule has 0 saturated heterocycles. The van der Waals surface area contributed by atoms with Crippen molar-refractivity contribution in [2.24, 2.45) is 0 Å². The zero-order valence-corrected chi connectivity index (χ0v) is 17.1. The van der Waals surface area contributed by atoms with E-state index in [1.807, 2.05) is 0 Å². The lowest BCUT2D eigenvalue weighted by molar-refractivity contribution is -0.376. The number of methoxy groups -OCH3 is 1. The van der Waals surface area contributed by atoms with Gasteiger partial charge in [0.1, 0.15) is 11.5 Å². The first-order valence-electron chi connectivity index (χ1n) is 8.91. The molecule has 0 bridgehead atoms. The van der Waals surface area contributed by atoms with E-state index >= 15 is 0 Å². The van der Waals surface area contributed by atoms with E-state index in [2.05, 4.69) is 4.74 Å².